The number of furan rings is 1. The molecular formula is C13H11Br2NO3. The summed E-state index contributed by atoms with van der Waals surface area (Å²) in [6.07, 6.45) is 0. The van der Waals surface area contributed by atoms with Crippen molar-refractivity contribution in [1.82, 2.24) is 5.32 Å². The molecule has 0 radical (unpaired) electrons. The van der Waals surface area contributed by atoms with Crippen LogP contribution in [-0.4, -0.2) is 6.79 Å². The van der Waals surface area contributed by atoms with Crippen molar-refractivity contribution in [2.45, 2.75) is 13.1 Å². The lowest BCUT2D eigenvalue weighted by Gasteiger charge is -2.04. The van der Waals surface area contributed by atoms with Crippen LogP contribution in [-0.2, 0) is 13.1 Å². The highest BCUT2D eigenvalue weighted by atomic mass is 79.9. The first kappa shape index (κ1) is 13.0. The molecule has 6 heteroatoms. The fourth-order valence-corrected chi connectivity index (χ4v) is 2.52. The van der Waals surface area contributed by atoms with Gasteiger partial charge in [-0.1, -0.05) is 6.07 Å². The van der Waals surface area contributed by atoms with Crippen LogP contribution >= 0.6 is 31.9 Å². The summed E-state index contributed by atoms with van der Waals surface area (Å²) in [6.45, 7) is 1.71. The first-order chi connectivity index (χ1) is 9.22. The Morgan fingerprint density at radius 3 is 2.68 bits per heavy atom. The molecule has 1 aliphatic heterocycles. The SMILES string of the molecule is Brc1cc(CNCc2ccc3c(c2)OCO3)oc1Br. The van der Waals surface area contributed by atoms with Crippen LogP contribution in [0.5, 0.6) is 11.5 Å². The highest BCUT2D eigenvalue weighted by Gasteiger charge is 2.13. The van der Waals surface area contributed by atoms with E-state index in [1.54, 1.807) is 0 Å². The standard InChI is InChI=1S/C13H11Br2NO3/c14-10-4-9(19-13(10)15)6-16-5-8-1-2-11-12(3-8)18-7-17-11/h1-4,16H,5-7H2. The van der Waals surface area contributed by atoms with Crippen LogP contribution in [0.4, 0.5) is 0 Å². The average Bonchev–Trinajstić information content (AvgIpc) is 2.96. The van der Waals surface area contributed by atoms with E-state index in [0.717, 1.165) is 33.8 Å². The van der Waals surface area contributed by atoms with Crippen molar-refractivity contribution in [3.8, 4) is 11.5 Å². The number of rotatable bonds is 4. The maximum absolute atomic E-state index is 5.49. The lowest BCUT2D eigenvalue weighted by Crippen LogP contribution is -2.11. The van der Waals surface area contributed by atoms with Gasteiger partial charge in [0, 0.05) is 6.54 Å². The van der Waals surface area contributed by atoms with E-state index in [1.165, 1.54) is 0 Å². The molecule has 19 heavy (non-hydrogen) atoms. The van der Waals surface area contributed by atoms with Crippen molar-refractivity contribution < 1.29 is 13.9 Å². The van der Waals surface area contributed by atoms with Gasteiger partial charge in [0.1, 0.15) is 5.76 Å². The molecule has 1 N–H and O–H groups in total. The molecule has 100 valence electrons. The van der Waals surface area contributed by atoms with E-state index in [1.807, 2.05) is 24.3 Å². The molecule has 0 unspecified atom stereocenters. The van der Waals surface area contributed by atoms with Gasteiger partial charge in [-0.2, -0.15) is 0 Å². The Labute approximate surface area is 127 Å². The largest absolute Gasteiger partial charge is 0.454 e. The highest BCUT2D eigenvalue weighted by Crippen LogP contribution is 2.32. The van der Waals surface area contributed by atoms with Crippen LogP contribution in [0, 0.1) is 0 Å². The summed E-state index contributed by atoms with van der Waals surface area (Å²) in [5, 5.41) is 3.32. The van der Waals surface area contributed by atoms with E-state index in [2.05, 4.69) is 37.2 Å². The zero-order chi connectivity index (χ0) is 13.2. The maximum Gasteiger partial charge on any atom is 0.231 e. The number of halogens is 2. The molecule has 0 amide bonds. The minimum Gasteiger partial charge on any atom is -0.454 e. The predicted molar refractivity (Wildman–Crippen MR) is 77.2 cm³/mol. The predicted octanol–water partition coefficient (Wildman–Crippen LogP) is 3.82. The van der Waals surface area contributed by atoms with Gasteiger partial charge in [-0.15, -0.1) is 0 Å². The first-order valence-electron chi connectivity index (χ1n) is 5.75. The number of hydrogen-bond acceptors (Lipinski definition) is 4. The Bertz CT molecular complexity index is 578. The fraction of sp³-hybridized carbons (Fsp3) is 0.231. The molecule has 1 aromatic heterocycles. The zero-order valence-corrected chi connectivity index (χ0v) is 13.1. The molecule has 0 spiro atoms. The molecule has 1 aliphatic rings. The van der Waals surface area contributed by atoms with Crippen molar-refractivity contribution in [3.63, 3.8) is 0 Å². The molecule has 0 atom stereocenters. The van der Waals surface area contributed by atoms with Crippen LogP contribution in [0.1, 0.15) is 11.3 Å². The molecular weight excluding hydrogens is 378 g/mol. The Kier molecular flexibility index (Phi) is 3.81. The molecule has 0 fully saturated rings. The number of nitrogens with one attached hydrogen (secondary N) is 1. The second-order valence-electron chi connectivity index (χ2n) is 4.13. The van der Waals surface area contributed by atoms with Gasteiger partial charge in [0.2, 0.25) is 6.79 Å². The summed E-state index contributed by atoms with van der Waals surface area (Å²) in [4.78, 5) is 0. The molecule has 0 aliphatic carbocycles. The second-order valence-corrected chi connectivity index (χ2v) is 5.70. The van der Waals surface area contributed by atoms with Crippen molar-refractivity contribution in [2.75, 3.05) is 6.79 Å². The van der Waals surface area contributed by atoms with Gasteiger partial charge < -0.3 is 19.2 Å². The van der Waals surface area contributed by atoms with E-state index in [0.29, 0.717) is 18.0 Å². The van der Waals surface area contributed by atoms with E-state index < -0.39 is 0 Å². The quantitative estimate of drug-likeness (QED) is 0.864. The van der Waals surface area contributed by atoms with Crippen LogP contribution in [0.25, 0.3) is 0 Å². The molecule has 0 saturated heterocycles. The van der Waals surface area contributed by atoms with Crippen LogP contribution in [0.15, 0.2) is 37.8 Å². The van der Waals surface area contributed by atoms with Gasteiger partial charge in [-0.3, -0.25) is 0 Å². The molecule has 1 aromatic carbocycles. The highest BCUT2D eigenvalue weighted by molar-refractivity contribution is 9.13. The van der Waals surface area contributed by atoms with Crippen molar-refractivity contribution in [1.29, 1.82) is 0 Å². The molecule has 2 aromatic rings. The topological polar surface area (TPSA) is 43.6 Å². The van der Waals surface area contributed by atoms with Gasteiger partial charge in [-0.25, -0.2) is 0 Å². The average molecular weight is 389 g/mol. The molecule has 3 rings (SSSR count). The Hall–Kier alpha value is -0.980. The summed E-state index contributed by atoms with van der Waals surface area (Å²) in [7, 11) is 0. The number of ether oxygens (including phenoxy) is 2. The third kappa shape index (κ3) is 2.96. The van der Waals surface area contributed by atoms with Crippen LogP contribution < -0.4 is 14.8 Å². The Balaban J connectivity index is 1.57. The molecule has 4 nitrogen and oxygen atoms in total. The van der Waals surface area contributed by atoms with Crippen molar-refractivity contribution in [2.24, 2.45) is 0 Å². The minimum absolute atomic E-state index is 0.306. The van der Waals surface area contributed by atoms with Crippen molar-refractivity contribution >= 4 is 31.9 Å². The third-order valence-corrected chi connectivity index (χ3v) is 4.47. The summed E-state index contributed by atoms with van der Waals surface area (Å²) in [5.74, 6) is 2.49. The molecule has 0 bridgehead atoms. The molecule has 2 heterocycles. The normalized spacial score (nSPS) is 12.9. The smallest absolute Gasteiger partial charge is 0.231 e. The minimum atomic E-state index is 0.306. The summed E-state index contributed by atoms with van der Waals surface area (Å²) >= 11 is 6.70. The van der Waals surface area contributed by atoms with Gasteiger partial charge >= 0.3 is 0 Å². The third-order valence-electron chi connectivity index (χ3n) is 2.76. The second kappa shape index (κ2) is 5.56. The summed E-state index contributed by atoms with van der Waals surface area (Å²) in [6, 6.07) is 7.88. The van der Waals surface area contributed by atoms with E-state index in [-0.39, 0.29) is 0 Å². The van der Waals surface area contributed by atoms with Crippen LogP contribution in [0.3, 0.4) is 0 Å². The number of hydrogen-bond donors (Lipinski definition) is 1. The number of fused-ring (bicyclic) bond motifs is 1. The maximum atomic E-state index is 5.49. The van der Waals surface area contributed by atoms with Gasteiger partial charge in [-0.05, 0) is 55.6 Å². The lowest BCUT2D eigenvalue weighted by molar-refractivity contribution is 0.174. The molecule has 0 saturated carbocycles. The zero-order valence-electron chi connectivity index (χ0n) is 9.91. The van der Waals surface area contributed by atoms with Crippen molar-refractivity contribution in [3.05, 3.63) is 44.7 Å². The van der Waals surface area contributed by atoms with E-state index >= 15 is 0 Å². The lowest BCUT2D eigenvalue weighted by atomic mass is 10.2. The van der Waals surface area contributed by atoms with E-state index in [9.17, 15) is 0 Å². The first-order valence-corrected chi connectivity index (χ1v) is 7.34. The van der Waals surface area contributed by atoms with E-state index in [4.69, 9.17) is 13.9 Å². The Morgan fingerprint density at radius 2 is 1.89 bits per heavy atom. The summed E-state index contributed by atoms with van der Waals surface area (Å²) in [5.41, 5.74) is 1.15. The van der Waals surface area contributed by atoms with Gasteiger partial charge in [0.05, 0.1) is 11.0 Å². The fourth-order valence-electron chi connectivity index (χ4n) is 1.86. The van der Waals surface area contributed by atoms with Gasteiger partial charge in [0.15, 0.2) is 16.2 Å². The monoisotopic (exact) mass is 387 g/mol. The Morgan fingerprint density at radius 1 is 1.05 bits per heavy atom. The number of benzene rings is 1. The van der Waals surface area contributed by atoms with Gasteiger partial charge in [0.25, 0.3) is 0 Å². The summed E-state index contributed by atoms with van der Waals surface area (Å²) < 4.78 is 17.7. The van der Waals surface area contributed by atoms with Crippen LogP contribution in [0.2, 0.25) is 0 Å².